The fourth-order valence-corrected chi connectivity index (χ4v) is 17.0. The lowest BCUT2D eigenvalue weighted by atomic mass is 9.79. The highest BCUT2D eigenvalue weighted by Crippen LogP contribution is 2.55. The van der Waals surface area contributed by atoms with Gasteiger partial charge in [-0.25, -0.2) is 28.0 Å². The van der Waals surface area contributed by atoms with Crippen LogP contribution in [0.25, 0.3) is 55.6 Å². The highest BCUT2D eigenvalue weighted by atomic mass is 79.9. The number of β-amino-alcohol motifs (C(OH)–C–C–N with tert-alkyl or cyclic N) is 1. The molecule has 4 amide bonds. The van der Waals surface area contributed by atoms with E-state index in [-0.39, 0.29) is 89.2 Å². The van der Waals surface area contributed by atoms with Crippen molar-refractivity contribution in [2.75, 3.05) is 93.9 Å². The summed E-state index contributed by atoms with van der Waals surface area (Å²) >= 11 is 21.2. The Labute approximate surface area is 825 Å². The number of ether oxygens (including phenoxy) is 11. The molecule has 0 radical (unpaired) electrons. The van der Waals surface area contributed by atoms with Crippen molar-refractivity contribution < 1.29 is 105 Å². The van der Waals surface area contributed by atoms with Crippen LogP contribution in [0.15, 0.2) is 186 Å². The quantitative estimate of drug-likeness (QED) is 0.0839. The third kappa shape index (κ3) is 24.9. The second kappa shape index (κ2) is 42.7. The molecule has 25 nitrogen and oxygen atoms in total. The predicted molar refractivity (Wildman–Crippen MR) is 529 cm³/mol. The van der Waals surface area contributed by atoms with Gasteiger partial charge in [-0.2, -0.15) is 0 Å². The maximum atomic E-state index is 14.5. The number of benzene rings is 10. The molecule has 8 heterocycles. The van der Waals surface area contributed by atoms with Gasteiger partial charge in [0, 0.05) is 89.3 Å². The fourth-order valence-electron chi connectivity index (χ4n) is 16.0. The molecule has 8 aliphatic rings. The molecule has 0 bridgehead atoms. The van der Waals surface area contributed by atoms with Gasteiger partial charge in [0.2, 0.25) is 0 Å². The van der Waals surface area contributed by atoms with Crippen molar-refractivity contribution in [2.24, 2.45) is 0 Å². The van der Waals surface area contributed by atoms with Crippen LogP contribution in [0.3, 0.4) is 0 Å². The number of aromatic hydroxyl groups is 3. The van der Waals surface area contributed by atoms with Crippen LogP contribution in [-0.2, 0) is 46.1 Å². The Morgan fingerprint density at radius 2 is 0.684 bits per heavy atom. The number of fused-ring (bicyclic) bond motifs is 12. The number of hydrogen-bond donors (Lipinski definition) is 5. The maximum Gasteiger partial charge on any atom is 0.411 e. The van der Waals surface area contributed by atoms with Gasteiger partial charge < -0.3 is 82.7 Å². The zero-order valence-corrected chi connectivity index (χ0v) is 84.9. The zero-order chi connectivity index (χ0) is 98.4. The average Bonchev–Trinajstić information content (AvgIpc) is 0.712. The number of hydrogen-bond acceptors (Lipinski definition) is 21. The summed E-state index contributed by atoms with van der Waals surface area (Å²) in [7, 11) is 6.36. The second-order valence-electron chi connectivity index (χ2n) is 37.7. The van der Waals surface area contributed by atoms with Crippen molar-refractivity contribution in [3.63, 3.8) is 0 Å². The Morgan fingerprint density at radius 3 is 1.03 bits per heavy atom. The molecule has 32 heteroatoms. The summed E-state index contributed by atoms with van der Waals surface area (Å²) in [5.41, 5.74) is 6.29. The molecular weight excluding hydrogens is 1940 g/mol. The third-order valence-corrected chi connectivity index (χ3v) is 23.9. The first kappa shape index (κ1) is 105. The molecule has 0 aromatic heterocycles. The molecule has 8 aliphatic heterocycles. The van der Waals surface area contributed by atoms with E-state index in [1.54, 1.807) is 170 Å². The third-order valence-electron chi connectivity index (χ3n) is 22.5. The summed E-state index contributed by atoms with van der Waals surface area (Å²) in [5, 5.41) is 44.8. The Morgan fingerprint density at radius 1 is 0.390 bits per heavy atom. The smallest absolute Gasteiger partial charge is 0.411 e. The molecule has 10 aromatic rings. The van der Waals surface area contributed by atoms with E-state index in [1.165, 1.54) is 48.3 Å². The molecule has 136 heavy (non-hydrogen) atoms. The maximum absolute atomic E-state index is 14.5. The Hall–Kier alpha value is -11.4. The van der Waals surface area contributed by atoms with Crippen molar-refractivity contribution in [3.05, 3.63) is 235 Å². The summed E-state index contributed by atoms with van der Waals surface area (Å²) < 4.78 is 90.3. The number of likely N-dealkylation sites (tertiary alicyclic amines) is 4. The number of nitrogens with one attached hydrogen (secondary N) is 1. The first-order valence-electron chi connectivity index (χ1n) is 44.1. The largest absolute Gasteiger partial charge is 0.508 e. The van der Waals surface area contributed by atoms with Crippen molar-refractivity contribution >= 4 is 97.9 Å². The lowest BCUT2D eigenvalue weighted by molar-refractivity contribution is -0.128. The van der Waals surface area contributed by atoms with Gasteiger partial charge in [-0.05, 0) is 262 Å². The summed E-state index contributed by atoms with van der Waals surface area (Å²) in [6.45, 7) is 29.7. The molecule has 18 rings (SSSR count). The molecule has 3 spiro atoms. The number of rotatable bonds is 9. The minimum atomic E-state index is -1.34. The molecule has 0 atom stereocenters. The molecule has 5 saturated heterocycles. The van der Waals surface area contributed by atoms with Crippen LogP contribution >= 0.6 is 67.7 Å². The lowest BCUT2D eigenvalue weighted by Gasteiger charge is -2.52. The predicted octanol–water partition coefficient (Wildman–Crippen LogP) is 23.8. The van der Waals surface area contributed by atoms with Crippen LogP contribution in [0.5, 0.6) is 57.5 Å². The number of unbranched alkanes of at least 4 members (excludes halogenated alkanes) is 2. The van der Waals surface area contributed by atoms with Crippen molar-refractivity contribution in [1.29, 1.82) is 0 Å². The van der Waals surface area contributed by atoms with Crippen LogP contribution in [0.4, 0.5) is 28.0 Å². The molecule has 0 aliphatic carbocycles. The Bertz CT molecular complexity index is 5900. The Kier molecular flexibility index (Phi) is 33.0. The minimum absolute atomic E-state index is 0. The monoisotopic (exact) mass is 2060 g/mol. The first-order chi connectivity index (χ1) is 63.5. The van der Waals surface area contributed by atoms with E-state index in [1.807, 2.05) is 114 Å². The van der Waals surface area contributed by atoms with Crippen molar-refractivity contribution in [1.82, 2.24) is 24.9 Å². The molecule has 726 valence electrons. The lowest BCUT2D eigenvalue weighted by Crippen LogP contribution is -2.65. The fraction of sp³-hybridized carbons (Fsp3) is 0.375. The average molecular weight is 2060 g/mol. The number of ketones is 1. The summed E-state index contributed by atoms with van der Waals surface area (Å²) in [6, 6.07) is 52.4. The molecule has 0 saturated carbocycles. The standard InChI is InChI=1S/C21H23ClFNO4.C21H22ClNO4.C21H23NO5.C15H13NO3.C13H9BrClFO.C8H13NO3.C5H12.BrH/c1-20(2,3)28-19(25)24-11-21(26,12-24)17-10-14(27-4)6-8-15(17)16-7-5-13(22)9-18(16)23;1-20(2,3)27-19(24)23-11-21(12-23)17-10-14(25-4)6-8-15(17)16-7-5-13(22)9-18(16)26-21;1-20(2,3)27-19(24)22-11-21(12-22)17-10-14(25-4)6-8-15(17)16-7-5-13(23)9-18(16)26-21;17-9-1-3-11-12-4-2-10(18)6-14(12)19-15(7-16-8-15)13(11)5-9;1-17-9-3-5-10(12(14)7-9)11-4-2-8(15)6-13(11)16;1-8(2,3)12-7(11)9-4-6(10)5-9;1-3-5-4-2;/h5-10,26H,11-12H2,1-4H3;5-10H,11-12H2,1-4H3;5-10,23H,11-12H2,1-4H3;1-6,16-18H,7-8H2;2-7H,1H3;4-5H2,1-3H3;3-5H2,1-2H3;1H. The van der Waals surface area contributed by atoms with E-state index < -0.39 is 62.8 Å². The number of methoxy groups -OCH3 is 4. The molecule has 5 N–H and O–H groups in total. The van der Waals surface area contributed by atoms with E-state index in [9.17, 15) is 53.2 Å². The number of phenols is 3. The van der Waals surface area contributed by atoms with E-state index in [4.69, 9.17) is 86.9 Å². The van der Waals surface area contributed by atoms with Gasteiger partial charge in [-0.15, -0.1) is 17.0 Å². The van der Waals surface area contributed by atoms with Crippen molar-refractivity contribution in [2.45, 2.75) is 161 Å². The van der Waals surface area contributed by atoms with E-state index in [0.29, 0.717) is 88.8 Å². The topological polar surface area (TPSA) is 293 Å². The van der Waals surface area contributed by atoms with Gasteiger partial charge in [0.15, 0.2) is 22.6 Å². The highest BCUT2D eigenvalue weighted by Gasteiger charge is 2.56. The highest BCUT2D eigenvalue weighted by molar-refractivity contribution is 9.10. The van der Waals surface area contributed by atoms with E-state index in [0.717, 1.165) is 83.1 Å². The molecule has 10 aromatic carbocycles. The van der Waals surface area contributed by atoms with Crippen LogP contribution in [0.2, 0.25) is 15.1 Å². The summed E-state index contributed by atoms with van der Waals surface area (Å²) in [5.74, 6) is 4.59. The number of Topliss-reactive ketones (excluding diaryl/α,β-unsaturated/α-hetero) is 1. The van der Waals surface area contributed by atoms with Gasteiger partial charge in [-0.1, -0.05) is 108 Å². The zero-order valence-electron chi connectivity index (χ0n) is 79.3. The van der Waals surface area contributed by atoms with Crippen LogP contribution < -0.4 is 38.5 Å². The summed E-state index contributed by atoms with van der Waals surface area (Å²) in [4.78, 5) is 64.8. The van der Waals surface area contributed by atoms with Gasteiger partial charge in [0.1, 0.15) is 97.1 Å². The van der Waals surface area contributed by atoms with Crippen LogP contribution in [-0.4, -0.2) is 186 Å². The normalized spacial score (nSPS) is 15.5. The number of phenolic OH excluding ortho intramolecular Hbond substituents is 3. The van der Waals surface area contributed by atoms with Gasteiger partial charge in [0.25, 0.3) is 0 Å². The first-order valence-corrected chi connectivity index (χ1v) is 46.0. The molecular formula is C104H116Br2Cl3F2N5O20. The van der Waals surface area contributed by atoms with E-state index in [2.05, 4.69) is 35.1 Å². The van der Waals surface area contributed by atoms with Gasteiger partial charge >= 0.3 is 24.4 Å². The van der Waals surface area contributed by atoms with Crippen molar-refractivity contribution in [3.8, 4) is 113 Å². The van der Waals surface area contributed by atoms with Gasteiger partial charge in [-0.3, -0.25) is 19.5 Å². The number of carbonyl (C=O) groups excluding carboxylic acids is 5. The molecule has 5 fully saturated rings. The SMILES string of the molecule is Br.CC(C)(C)OC(=O)N1CC(=O)C1.CCCCC.COc1ccc(-c2ccc(Cl)cc2F)c(Br)c1.COc1ccc(-c2ccc(Cl)cc2F)c(C2(O)CN(C(=O)OC(C)(C)C)C2)c1.COc1ccc2c(c1)C1(CN(C(=O)OC(C)(C)C)C1)Oc1cc(Cl)ccc1-2.COc1ccc2c(c1)C1(CN(C(=O)OC(C)(C)C)C1)Oc1cc(O)ccc1-2.Oc1ccc2c(c1)OC1(CNC1)c1cc(O)ccc1-2. The van der Waals surface area contributed by atoms with Crippen LogP contribution in [0.1, 0.15) is 138 Å². The number of nitrogens with zero attached hydrogens (tertiary/aromatic N) is 4. The number of carbonyl (C=O) groups is 5. The van der Waals surface area contributed by atoms with E-state index >= 15 is 0 Å². The minimum Gasteiger partial charge on any atom is -0.508 e. The Balaban J connectivity index is 0.000000158. The number of halogens is 7. The number of amides is 4. The summed E-state index contributed by atoms with van der Waals surface area (Å²) in [6.07, 6.45) is 2.48. The van der Waals surface area contributed by atoms with Gasteiger partial charge in [0.05, 0.1) is 80.8 Å². The number of aliphatic hydroxyl groups is 1. The molecule has 0 unspecified atom stereocenters. The second-order valence-corrected chi connectivity index (χ2v) is 39.9. The van der Waals surface area contributed by atoms with Crippen LogP contribution in [0, 0.1) is 11.6 Å².